The molecule has 0 saturated heterocycles. The fourth-order valence-corrected chi connectivity index (χ4v) is 1.24. The van der Waals surface area contributed by atoms with Crippen LogP contribution in [0, 0.1) is 0 Å². The number of pyridine rings is 1. The van der Waals surface area contributed by atoms with Crippen LogP contribution in [0.1, 0.15) is 13.8 Å². The first-order chi connectivity index (χ1) is 6.70. The van der Waals surface area contributed by atoms with Crippen LogP contribution in [-0.2, 0) is 0 Å². The SMILES string of the molecule is CC.CN(C)C(=O)Sc1cccnc1. The third-order valence-corrected chi connectivity index (χ3v) is 2.22. The zero-order valence-corrected chi connectivity index (χ0v) is 9.84. The van der Waals surface area contributed by atoms with Gasteiger partial charge in [-0.3, -0.25) is 9.78 Å². The first kappa shape index (κ1) is 13.0. The average molecular weight is 212 g/mol. The number of carbonyl (C=O) groups is 1. The standard InChI is InChI=1S/C8H10N2OS.C2H6/c1-10(2)8(11)12-7-4-3-5-9-6-7;1-2/h3-6H,1-2H3;1-2H3. The second-order valence-electron chi connectivity index (χ2n) is 2.45. The van der Waals surface area contributed by atoms with Crippen molar-refractivity contribution in [2.75, 3.05) is 14.1 Å². The molecule has 1 rings (SSSR count). The van der Waals surface area contributed by atoms with Crippen molar-refractivity contribution in [2.45, 2.75) is 18.7 Å². The lowest BCUT2D eigenvalue weighted by Crippen LogP contribution is -2.15. The highest BCUT2D eigenvalue weighted by molar-refractivity contribution is 8.13. The average Bonchev–Trinajstić information content (AvgIpc) is 2.22. The van der Waals surface area contributed by atoms with Crippen molar-refractivity contribution in [3.63, 3.8) is 0 Å². The lowest BCUT2D eigenvalue weighted by molar-refractivity contribution is 0.241. The summed E-state index contributed by atoms with van der Waals surface area (Å²) in [6.07, 6.45) is 3.36. The normalized spacial score (nSPS) is 8.57. The Morgan fingerprint density at radius 2 is 2.07 bits per heavy atom. The number of nitrogens with zero attached hydrogens (tertiary/aromatic N) is 2. The van der Waals surface area contributed by atoms with Crippen LogP contribution in [0.15, 0.2) is 29.4 Å². The first-order valence-corrected chi connectivity index (χ1v) is 5.31. The van der Waals surface area contributed by atoms with Gasteiger partial charge < -0.3 is 4.90 Å². The third kappa shape index (κ3) is 4.87. The molecule has 3 nitrogen and oxygen atoms in total. The number of aromatic nitrogens is 1. The lowest BCUT2D eigenvalue weighted by atomic mass is 10.5. The van der Waals surface area contributed by atoms with Gasteiger partial charge in [-0.15, -0.1) is 0 Å². The van der Waals surface area contributed by atoms with Crippen LogP contribution in [-0.4, -0.2) is 29.2 Å². The van der Waals surface area contributed by atoms with Gasteiger partial charge in [0, 0.05) is 31.4 Å². The van der Waals surface area contributed by atoms with Gasteiger partial charge in [-0.1, -0.05) is 13.8 Å². The molecule has 0 aliphatic heterocycles. The van der Waals surface area contributed by atoms with Gasteiger partial charge in [0.2, 0.25) is 0 Å². The fraction of sp³-hybridized carbons (Fsp3) is 0.400. The predicted molar refractivity (Wildman–Crippen MR) is 60.5 cm³/mol. The highest BCUT2D eigenvalue weighted by atomic mass is 32.2. The Balaban J connectivity index is 0.000000791. The van der Waals surface area contributed by atoms with Crippen LogP contribution >= 0.6 is 11.8 Å². The molecule has 0 unspecified atom stereocenters. The van der Waals surface area contributed by atoms with Crippen LogP contribution in [0.3, 0.4) is 0 Å². The van der Waals surface area contributed by atoms with Gasteiger partial charge in [-0.2, -0.15) is 0 Å². The predicted octanol–water partition coefficient (Wildman–Crippen LogP) is 2.88. The topological polar surface area (TPSA) is 33.2 Å². The zero-order chi connectivity index (χ0) is 11.0. The molecule has 0 aliphatic rings. The number of thioether (sulfide) groups is 1. The molecule has 78 valence electrons. The van der Waals surface area contributed by atoms with E-state index in [0.29, 0.717) is 0 Å². The number of amides is 1. The van der Waals surface area contributed by atoms with E-state index in [9.17, 15) is 4.79 Å². The van der Waals surface area contributed by atoms with Crippen molar-refractivity contribution < 1.29 is 4.79 Å². The quantitative estimate of drug-likeness (QED) is 0.671. The van der Waals surface area contributed by atoms with E-state index in [1.54, 1.807) is 26.5 Å². The number of rotatable bonds is 1. The van der Waals surface area contributed by atoms with E-state index in [0.717, 1.165) is 4.90 Å². The molecule has 1 heterocycles. The third-order valence-electron chi connectivity index (χ3n) is 1.20. The van der Waals surface area contributed by atoms with E-state index in [1.165, 1.54) is 16.7 Å². The van der Waals surface area contributed by atoms with Crippen LogP contribution in [0.5, 0.6) is 0 Å². The van der Waals surface area contributed by atoms with E-state index >= 15 is 0 Å². The van der Waals surface area contributed by atoms with Crippen LogP contribution < -0.4 is 0 Å². The molecule has 0 atom stereocenters. The van der Waals surface area contributed by atoms with E-state index in [4.69, 9.17) is 0 Å². The molecule has 0 fully saturated rings. The van der Waals surface area contributed by atoms with Crippen molar-refractivity contribution >= 4 is 17.0 Å². The summed E-state index contributed by atoms with van der Waals surface area (Å²) < 4.78 is 0. The van der Waals surface area contributed by atoms with Crippen molar-refractivity contribution in [2.24, 2.45) is 0 Å². The highest BCUT2D eigenvalue weighted by Crippen LogP contribution is 2.18. The Labute approximate surface area is 89.5 Å². The maximum absolute atomic E-state index is 11.2. The minimum Gasteiger partial charge on any atom is -0.339 e. The second-order valence-corrected chi connectivity index (χ2v) is 3.48. The molecule has 0 radical (unpaired) electrons. The minimum absolute atomic E-state index is 0.0167. The molecule has 1 amide bonds. The summed E-state index contributed by atoms with van der Waals surface area (Å²) in [6.45, 7) is 4.00. The summed E-state index contributed by atoms with van der Waals surface area (Å²) in [5.74, 6) is 0. The molecule has 0 saturated carbocycles. The van der Waals surface area contributed by atoms with Gasteiger partial charge in [0.25, 0.3) is 5.24 Å². The summed E-state index contributed by atoms with van der Waals surface area (Å²) in [5.41, 5.74) is 0. The Kier molecular flexibility index (Phi) is 6.84. The summed E-state index contributed by atoms with van der Waals surface area (Å²) in [7, 11) is 3.46. The highest BCUT2D eigenvalue weighted by Gasteiger charge is 2.05. The molecular formula is C10H16N2OS. The van der Waals surface area contributed by atoms with Gasteiger partial charge in [-0.05, 0) is 23.9 Å². The molecule has 0 spiro atoms. The minimum atomic E-state index is 0.0167. The van der Waals surface area contributed by atoms with E-state index in [2.05, 4.69) is 4.98 Å². The van der Waals surface area contributed by atoms with E-state index < -0.39 is 0 Å². The molecular weight excluding hydrogens is 196 g/mol. The second kappa shape index (κ2) is 7.38. The Morgan fingerprint density at radius 3 is 2.50 bits per heavy atom. The van der Waals surface area contributed by atoms with Crippen molar-refractivity contribution in [3.8, 4) is 0 Å². The zero-order valence-electron chi connectivity index (χ0n) is 9.02. The largest absolute Gasteiger partial charge is 0.339 e. The summed E-state index contributed by atoms with van der Waals surface area (Å²) >= 11 is 1.18. The molecule has 1 aromatic heterocycles. The fourth-order valence-electron chi connectivity index (χ4n) is 0.600. The maximum Gasteiger partial charge on any atom is 0.285 e. The Morgan fingerprint density at radius 1 is 1.43 bits per heavy atom. The van der Waals surface area contributed by atoms with Crippen LogP contribution in [0.2, 0.25) is 0 Å². The van der Waals surface area contributed by atoms with Gasteiger partial charge in [0.05, 0.1) is 0 Å². The number of hydrogen-bond donors (Lipinski definition) is 0. The number of hydrogen-bond acceptors (Lipinski definition) is 3. The number of carbonyl (C=O) groups excluding carboxylic acids is 1. The Hall–Kier alpha value is -1.03. The summed E-state index contributed by atoms with van der Waals surface area (Å²) in [5, 5.41) is 0.0167. The van der Waals surface area contributed by atoms with Crippen molar-refractivity contribution in [1.82, 2.24) is 9.88 Å². The van der Waals surface area contributed by atoms with Gasteiger partial charge in [0.15, 0.2) is 0 Å². The van der Waals surface area contributed by atoms with Crippen LogP contribution in [0.4, 0.5) is 4.79 Å². The maximum atomic E-state index is 11.2. The van der Waals surface area contributed by atoms with Gasteiger partial charge in [-0.25, -0.2) is 0 Å². The molecule has 14 heavy (non-hydrogen) atoms. The molecule has 0 bridgehead atoms. The molecule has 1 aromatic rings. The molecule has 0 N–H and O–H groups in total. The van der Waals surface area contributed by atoms with E-state index in [-0.39, 0.29) is 5.24 Å². The molecule has 0 aliphatic carbocycles. The smallest absolute Gasteiger partial charge is 0.285 e. The monoisotopic (exact) mass is 212 g/mol. The molecule has 0 aromatic carbocycles. The molecule has 4 heteroatoms. The van der Waals surface area contributed by atoms with Crippen molar-refractivity contribution in [3.05, 3.63) is 24.5 Å². The summed E-state index contributed by atoms with van der Waals surface area (Å²) in [4.78, 5) is 17.5. The lowest BCUT2D eigenvalue weighted by Gasteiger charge is -2.07. The van der Waals surface area contributed by atoms with Crippen LogP contribution in [0.25, 0.3) is 0 Å². The van der Waals surface area contributed by atoms with Crippen molar-refractivity contribution in [1.29, 1.82) is 0 Å². The van der Waals surface area contributed by atoms with E-state index in [1.807, 2.05) is 26.0 Å². The van der Waals surface area contributed by atoms with Gasteiger partial charge >= 0.3 is 0 Å². The Bertz CT molecular complexity index is 262. The summed E-state index contributed by atoms with van der Waals surface area (Å²) in [6, 6.07) is 3.67. The van der Waals surface area contributed by atoms with Gasteiger partial charge in [0.1, 0.15) is 0 Å². The first-order valence-electron chi connectivity index (χ1n) is 4.49.